The number of carbonyl (C=O) groups is 1. The van der Waals surface area contributed by atoms with E-state index >= 15 is 0 Å². The zero-order chi connectivity index (χ0) is 18.2. The molecule has 6 nitrogen and oxygen atoms in total. The van der Waals surface area contributed by atoms with E-state index in [1.165, 1.54) is 19.1 Å². The average molecular weight is 390 g/mol. The van der Waals surface area contributed by atoms with Crippen LogP contribution in [0.2, 0.25) is 10.0 Å². The Morgan fingerprint density at radius 3 is 2.42 bits per heavy atom. The van der Waals surface area contributed by atoms with Gasteiger partial charge >= 0.3 is 5.97 Å². The molecular weight excluding hydrogens is 377 g/mol. The molecule has 0 aliphatic rings. The van der Waals surface area contributed by atoms with Crippen molar-refractivity contribution in [2.24, 2.45) is 0 Å². The SMILES string of the molecule is Cc1cc(Cl)c(C)c(S(=O)(=O)Nc2cccc(C(=O)O)c2O)c1Cl. The number of sulfonamides is 1. The van der Waals surface area contributed by atoms with E-state index in [2.05, 4.69) is 4.72 Å². The van der Waals surface area contributed by atoms with Crippen LogP contribution in [0.1, 0.15) is 21.5 Å². The lowest BCUT2D eigenvalue weighted by Gasteiger charge is -2.15. The van der Waals surface area contributed by atoms with Crippen molar-refractivity contribution >= 4 is 44.9 Å². The van der Waals surface area contributed by atoms with Gasteiger partial charge in [0.15, 0.2) is 5.75 Å². The summed E-state index contributed by atoms with van der Waals surface area (Å²) in [5.74, 6) is -2.08. The van der Waals surface area contributed by atoms with Gasteiger partial charge in [-0.1, -0.05) is 29.3 Å². The van der Waals surface area contributed by atoms with Gasteiger partial charge in [-0.15, -0.1) is 0 Å². The molecule has 0 saturated carbocycles. The van der Waals surface area contributed by atoms with Crippen molar-refractivity contribution in [3.8, 4) is 5.75 Å². The van der Waals surface area contributed by atoms with Gasteiger partial charge in [0.1, 0.15) is 10.5 Å². The molecule has 0 aliphatic heterocycles. The number of rotatable bonds is 4. The van der Waals surface area contributed by atoms with Gasteiger partial charge in [0.05, 0.1) is 10.7 Å². The average Bonchev–Trinajstić information content (AvgIpc) is 2.47. The van der Waals surface area contributed by atoms with E-state index in [1.54, 1.807) is 13.0 Å². The van der Waals surface area contributed by atoms with Crippen molar-refractivity contribution in [1.29, 1.82) is 0 Å². The van der Waals surface area contributed by atoms with Crippen molar-refractivity contribution in [3.05, 3.63) is 51.0 Å². The fraction of sp³-hybridized carbons (Fsp3) is 0.133. The Kier molecular flexibility index (Phi) is 4.98. The number of anilines is 1. The molecule has 0 saturated heterocycles. The molecule has 0 heterocycles. The van der Waals surface area contributed by atoms with Crippen LogP contribution in [0.4, 0.5) is 5.69 Å². The van der Waals surface area contributed by atoms with Crippen molar-refractivity contribution < 1.29 is 23.4 Å². The monoisotopic (exact) mass is 389 g/mol. The number of aryl methyl sites for hydroxylation is 1. The zero-order valence-corrected chi connectivity index (χ0v) is 14.9. The topological polar surface area (TPSA) is 104 Å². The quantitative estimate of drug-likeness (QED) is 0.689. The second-order valence-corrected chi connectivity index (χ2v) is 7.46. The second kappa shape index (κ2) is 6.51. The highest BCUT2D eigenvalue weighted by molar-refractivity contribution is 7.93. The molecule has 0 aromatic heterocycles. The maximum atomic E-state index is 12.7. The van der Waals surface area contributed by atoms with Crippen LogP contribution in [0.15, 0.2) is 29.2 Å². The standard InChI is InChI=1S/C15H13Cl2NO5S/c1-7-6-10(16)8(2)14(12(7)17)24(22,23)18-11-5-3-4-9(13(11)19)15(20)21/h3-6,18-19H,1-2H3,(H,20,21). The van der Waals surface area contributed by atoms with E-state index in [4.69, 9.17) is 28.3 Å². The minimum absolute atomic E-state index is 0.00159. The molecule has 0 bridgehead atoms. The Labute approximate surface area is 148 Å². The van der Waals surface area contributed by atoms with Crippen LogP contribution < -0.4 is 4.72 Å². The van der Waals surface area contributed by atoms with E-state index in [-0.39, 0.29) is 26.2 Å². The molecule has 2 aromatic rings. The molecule has 24 heavy (non-hydrogen) atoms. The Morgan fingerprint density at radius 1 is 1.21 bits per heavy atom. The molecule has 0 atom stereocenters. The number of carboxylic acids is 1. The number of aromatic carboxylic acids is 1. The molecule has 2 rings (SSSR count). The number of hydrogen-bond donors (Lipinski definition) is 3. The van der Waals surface area contributed by atoms with E-state index in [0.29, 0.717) is 5.56 Å². The van der Waals surface area contributed by atoms with E-state index in [9.17, 15) is 18.3 Å². The molecular formula is C15H13Cl2NO5S. The van der Waals surface area contributed by atoms with Gasteiger partial charge in [0.25, 0.3) is 10.0 Å². The third-order valence-corrected chi connectivity index (χ3v) is 5.90. The molecule has 9 heteroatoms. The number of nitrogens with one attached hydrogen (secondary N) is 1. The molecule has 0 unspecified atom stereocenters. The first-order valence-electron chi connectivity index (χ1n) is 6.59. The van der Waals surface area contributed by atoms with Crippen LogP contribution in [0.25, 0.3) is 0 Å². The lowest BCUT2D eigenvalue weighted by Crippen LogP contribution is -2.16. The maximum absolute atomic E-state index is 12.7. The van der Waals surface area contributed by atoms with Gasteiger partial charge in [-0.3, -0.25) is 4.72 Å². The number of carboxylic acid groups (broad SMARTS) is 1. The lowest BCUT2D eigenvalue weighted by atomic mass is 10.2. The first kappa shape index (κ1) is 18.4. The first-order chi connectivity index (χ1) is 11.1. The van der Waals surface area contributed by atoms with E-state index in [0.717, 1.165) is 6.07 Å². The Bertz CT molecular complexity index is 915. The third kappa shape index (κ3) is 3.28. The summed E-state index contributed by atoms with van der Waals surface area (Å²) in [6, 6.07) is 5.23. The second-order valence-electron chi connectivity index (χ2n) is 5.06. The van der Waals surface area contributed by atoms with Crippen LogP contribution in [0.5, 0.6) is 5.75 Å². The molecule has 0 spiro atoms. The first-order valence-corrected chi connectivity index (χ1v) is 8.83. The van der Waals surface area contributed by atoms with Crippen LogP contribution >= 0.6 is 23.2 Å². The van der Waals surface area contributed by atoms with Gasteiger partial charge in [-0.25, -0.2) is 13.2 Å². The summed E-state index contributed by atoms with van der Waals surface area (Å²) >= 11 is 12.1. The summed E-state index contributed by atoms with van der Waals surface area (Å²) in [5.41, 5.74) is 0.00749. The third-order valence-electron chi connectivity index (χ3n) is 3.37. The van der Waals surface area contributed by atoms with Crippen molar-refractivity contribution in [2.75, 3.05) is 4.72 Å². The van der Waals surface area contributed by atoms with E-state index in [1.807, 2.05) is 0 Å². The largest absolute Gasteiger partial charge is 0.505 e. The molecule has 0 radical (unpaired) electrons. The van der Waals surface area contributed by atoms with Crippen LogP contribution in [0, 0.1) is 13.8 Å². The number of hydrogen-bond acceptors (Lipinski definition) is 4. The summed E-state index contributed by atoms with van der Waals surface area (Å²) in [6.07, 6.45) is 0. The summed E-state index contributed by atoms with van der Waals surface area (Å²) in [4.78, 5) is 10.8. The number of phenols is 1. The van der Waals surface area contributed by atoms with Crippen molar-refractivity contribution in [3.63, 3.8) is 0 Å². The summed E-state index contributed by atoms with van der Waals surface area (Å²) in [6.45, 7) is 3.10. The highest BCUT2D eigenvalue weighted by atomic mass is 35.5. The predicted molar refractivity (Wildman–Crippen MR) is 91.8 cm³/mol. The Balaban J connectivity index is 2.60. The fourth-order valence-electron chi connectivity index (χ4n) is 2.13. The number of benzene rings is 2. The van der Waals surface area contributed by atoms with Crippen LogP contribution in [-0.2, 0) is 10.0 Å². The van der Waals surface area contributed by atoms with Gasteiger partial charge in [-0.05, 0) is 43.2 Å². The highest BCUT2D eigenvalue weighted by Crippen LogP contribution is 2.36. The highest BCUT2D eigenvalue weighted by Gasteiger charge is 2.25. The Morgan fingerprint density at radius 2 is 1.83 bits per heavy atom. The minimum Gasteiger partial charge on any atom is -0.505 e. The summed E-state index contributed by atoms with van der Waals surface area (Å²) in [7, 11) is -4.20. The van der Waals surface area contributed by atoms with E-state index < -0.39 is 27.3 Å². The molecule has 3 N–H and O–H groups in total. The smallest absolute Gasteiger partial charge is 0.339 e. The zero-order valence-electron chi connectivity index (χ0n) is 12.6. The maximum Gasteiger partial charge on any atom is 0.339 e. The predicted octanol–water partition coefficient (Wildman–Crippen LogP) is 3.81. The number of aromatic hydroxyl groups is 1. The van der Waals surface area contributed by atoms with Gasteiger partial charge < -0.3 is 10.2 Å². The molecule has 128 valence electrons. The van der Waals surface area contributed by atoms with Gasteiger partial charge in [0, 0.05) is 5.02 Å². The molecule has 0 fully saturated rings. The lowest BCUT2D eigenvalue weighted by molar-refractivity contribution is 0.0694. The van der Waals surface area contributed by atoms with Crippen LogP contribution in [-0.4, -0.2) is 24.6 Å². The number of halogens is 2. The normalized spacial score (nSPS) is 11.3. The van der Waals surface area contributed by atoms with Gasteiger partial charge in [-0.2, -0.15) is 0 Å². The molecule has 0 aliphatic carbocycles. The van der Waals surface area contributed by atoms with Crippen molar-refractivity contribution in [1.82, 2.24) is 0 Å². The number of para-hydroxylation sites is 1. The molecule has 0 amide bonds. The summed E-state index contributed by atoms with van der Waals surface area (Å²) < 4.78 is 27.5. The van der Waals surface area contributed by atoms with Crippen molar-refractivity contribution in [2.45, 2.75) is 18.7 Å². The fourth-order valence-corrected chi connectivity index (χ4v) is 4.41. The van der Waals surface area contributed by atoms with Gasteiger partial charge in [0.2, 0.25) is 0 Å². The molecule has 2 aromatic carbocycles. The minimum atomic E-state index is -4.20. The van der Waals surface area contributed by atoms with Crippen LogP contribution in [0.3, 0.4) is 0 Å². The summed E-state index contributed by atoms with van der Waals surface area (Å²) in [5, 5.41) is 19.2. The Hall–Kier alpha value is -1.96.